The molecule has 2 aromatic heterocycles. The van der Waals surface area contributed by atoms with Gasteiger partial charge in [-0.2, -0.15) is 10.2 Å². The summed E-state index contributed by atoms with van der Waals surface area (Å²) in [6.07, 6.45) is 5.16. The van der Waals surface area contributed by atoms with Crippen LogP contribution in [-0.4, -0.2) is 36.7 Å². The topological polar surface area (TPSA) is 85.0 Å². The molecular formula is C17H25N5O2. The molecule has 0 spiro atoms. The van der Waals surface area contributed by atoms with Crippen molar-refractivity contribution in [3.8, 4) is 0 Å². The lowest BCUT2D eigenvalue weighted by atomic mass is 9.80. The van der Waals surface area contributed by atoms with Crippen molar-refractivity contribution in [1.29, 1.82) is 0 Å². The van der Waals surface area contributed by atoms with Crippen LogP contribution in [-0.2, 0) is 16.9 Å². The molecule has 1 fully saturated rings. The van der Waals surface area contributed by atoms with E-state index < -0.39 is 0 Å². The lowest BCUT2D eigenvalue weighted by Crippen LogP contribution is -2.29. The van der Waals surface area contributed by atoms with E-state index in [1.54, 1.807) is 10.9 Å². The first-order chi connectivity index (χ1) is 11.3. The van der Waals surface area contributed by atoms with Gasteiger partial charge in [0.1, 0.15) is 5.82 Å². The largest absolute Gasteiger partial charge is 0.393 e. The summed E-state index contributed by atoms with van der Waals surface area (Å²) < 4.78 is 3.60. The number of rotatable bonds is 5. The van der Waals surface area contributed by atoms with Gasteiger partial charge in [0.05, 0.1) is 17.3 Å². The van der Waals surface area contributed by atoms with E-state index in [2.05, 4.69) is 36.3 Å². The van der Waals surface area contributed by atoms with Crippen LogP contribution in [0.4, 0.5) is 5.82 Å². The molecule has 7 heteroatoms. The van der Waals surface area contributed by atoms with Gasteiger partial charge in [0.25, 0.3) is 0 Å². The predicted molar refractivity (Wildman–Crippen MR) is 90.7 cm³/mol. The van der Waals surface area contributed by atoms with Crippen molar-refractivity contribution in [2.75, 3.05) is 5.32 Å². The molecule has 0 unspecified atom stereocenters. The Balaban J connectivity index is 1.69. The zero-order valence-electron chi connectivity index (χ0n) is 14.4. The zero-order valence-corrected chi connectivity index (χ0v) is 14.4. The molecular weight excluding hydrogens is 306 g/mol. The fourth-order valence-corrected chi connectivity index (χ4v) is 2.88. The highest BCUT2D eigenvalue weighted by Crippen LogP contribution is 2.37. The molecule has 24 heavy (non-hydrogen) atoms. The number of nitrogens with one attached hydrogen (secondary N) is 1. The molecule has 0 atom stereocenters. The number of aryl methyl sites for hydroxylation is 1. The Morgan fingerprint density at radius 2 is 2.17 bits per heavy atom. The highest BCUT2D eigenvalue weighted by Gasteiger charge is 2.32. The Kier molecular flexibility index (Phi) is 4.45. The van der Waals surface area contributed by atoms with Gasteiger partial charge in [0, 0.05) is 37.3 Å². The minimum Gasteiger partial charge on any atom is -0.393 e. The van der Waals surface area contributed by atoms with E-state index in [0.717, 1.165) is 18.5 Å². The SMILES string of the molecule is CC(C)(C)n1nc([C@H]2C[C@@H](O)C2)cc1NC(=O)CCn1cccn1. The molecule has 1 aliphatic carbocycles. The minimum absolute atomic E-state index is 0.0592. The number of aromatic nitrogens is 4. The Morgan fingerprint density at radius 1 is 1.42 bits per heavy atom. The maximum atomic E-state index is 12.3. The summed E-state index contributed by atoms with van der Waals surface area (Å²) in [6, 6.07) is 3.78. The zero-order chi connectivity index (χ0) is 17.3. The Bertz CT molecular complexity index is 693. The Hall–Kier alpha value is -2.15. The smallest absolute Gasteiger partial charge is 0.227 e. The van der Waals surface area contributed by atoms with E-state index >= 15 is 0 Å². The number of nitrogens with zero attached hydrogens (tertiary/aromatic N) is 4. The first kappa shape index (κ1) is 16.7. The first-order valence-corrected chi connectivity index (χ1v) is 8.39. The van der Waals surface area contributed by atoms with E-state index in [1.165, 1.54) is 0 Å². The molecule has 0 aliphatic heterocycles. The van der Waals surface area contributed by atoms with Gasteiger partial charge < -0.3 is 10.4 Å². The second-order valence-electron chi connectivity index (χ2n) is 7.43. The van der Waals surface area contributed by atoms with Gasteiger partial charge in [-0.1, -0.05) is 0 Å². The minimum atomic E-state index is -0.231. The van der Waals surface area contributed by atoms with Gasteiger partial charge in [-0.25, -0.2) is 4.68 Å². The Morgan fingerprint density at radius 3 is 2.75 bits per heavy atom. The van der Waals surface area contributed by atoms with Gasteiger partial charge in [-0.15, -0.1) is 0 Å². The maximum Gasteiger partial charge on any atom is 0.227 e. The quantitative estimate of drug-likeness (QED) is 0.879. The number of carbonyl (C=O) groups excluding carboxylic acids is 1. The molecule has 1 saturated carbocycles. The van der Waals surface area contributed by atoms with Crippen LogP contribution in [0.1, 0.15) is 51.6 Å². The summed E-state index contributed by atoms with van der Waals surface area (Å²) in [5, 5.41) is 21.3. The van der Waals surface area contributed by atoms with Crippen molar-refractivity contribution in [3.63, 3.8) is 0 Å². The first-order valence-electron chi connectivity index (χ1n) is 8.39. The summed E-state index contributed by atoms with van der Waals surface area (Å²) in [5.74, 6) is 0.934. The van der Waals surface area contributed by atoms with Gasteiger partial charge in [0.15, 0.2) is 0 Å². The highest BCUT2D eigenvalue weighted by atomic mass is 16.3. The van der Waals surface area contributed by atoms with Crippen LogP contribution in [0.15, 0.2) is 24.5 Å². The van der Waals surface area contributed by atoms with Crippen molar-refractivity contribution in [3.05, 3.63) is 30.2 Å². The van der Waals surface area contributed by atoms with E-state index in [9.17, 15) is 9.90 Å². The standard InChI is InChI=1S/C17H25N5O2/c1-17(2,3)22-15(11-14(20-22)12-9-13(23)10-12)19-16(24)5-8-21-7-4-6-18-21/h4,6-7,11-13,23H,5,8-10H2,1-3H3,(H,19,24)/t12-,13+. The molecule has 2 N–H and O–H groups in total. The molecule has 0 saturated heterocycles. The molecule has 130 valence electrons. The number of hydrogen-bond donors (Lipinski definition) is 2. The van der Waals surface area contributed by atoms with Crippen LogP contribution < -0.4 is 5.32 Å². The third kappa shape index (κ3) is 3.67. The molecule has 2 aromatic rings. The van der Waals surface area contributed by atoms with Crippen molar-refractivity contribution >= 4 is 11.7 Å². The highest BCUT2D eigenvalue weighted by molar-refractivity contribution is 5.89. The second kappa shape index (κ2) is 6.39. The van der Waals surface area contributed by atoms with Crippen molar-refractivity contribution in [2.45, 2.75) is 64.1 Å². The second-order valence-corrected chi connectivity index (χ2v) is 7.43. The average molecular weight is 331 g/mol. The fraction of sp³-hybridized carbons (Fsp3) is 0.588. The van der Waals surface area contributed by atoms with Crippen LogP contribution in [0.2, 0.25) is 0 Å². The van der Waals surface area contributed by atoms with E-state index in [1.807, 2.05) is 23.0 Å². The normalized spacial score (nSPS) is 20.7. The lowest BCUT2D eigenvalue weighted by Gasteiger charge is -2.30. The van der Waals surface area contributed by atoms with Gasteiger partial charge >= 0.3 is 0 Å². The molecule has 2 heterocycles. The molecule has 0 bridgehead atoms. The number of hydrogen-bond acceptors (Lipinski definition) is 4. The van der Waals surface area contributed by atoms with Gasteiger partial charge in [-0.3, -0.25) is 9.48 Å². The van der Waals surface area contributed by atoms with Crippen molar-refractivity contribution < 1.29 is 9.90 Å². The molecule has 0 aromatic carbocycles. The molecule has 7 nitrogen and oxygen atoms in total. The lowest BCUT2D eigenvalue weighted by molar-refractivity contribution is -0.116. The Labute approximate surface area is 141 Å². The average Bonchev–Trinajstić information content (AvgIpc) is 3.10. The summed E-state index contributed by atoms with van der Waals surface area (Å²) in [7, 11) is 0. The van der Waals surface area contributed by atoms with E-state index in [4.69, 9.17) is 0 Å². The number of aliphatic hydroxyl groups is 1. The van der Waals surface area contributed by atoms with E-state index in [0.29, 0.717) is 18.8 Å². The van der Waals surface area contributed by atoms with Crippen LogP contribution in [0.3, 0.4) is 0 Å². The molecule has 1 amide bonds. The maximum absolute atomic E-state index is 12.3. The molecule has 3 rings (SSSR count). The van der Waals surface area contributed by atoms with Crippen LogP contribution in [0, 0.1) is 0 Å². The fourth-order valence-electron chi connectivity index (χ4n) is 2.88. The van der Waals surface area contributed by atoms with E-state index in [-0.39, 0.29) is 23.5 Å². The number of anilines is 1. The van der Waals surface area contributed by atoms with Crippen LogP contribution in [0.5, 0.6) is 0 Å². The number of aliphatic hydroxyl groups excluding tert-OH is 1. The summed E-state index contributed by atoms with van der Waals surface area (Å²) in [5.41, 5.74) is 0.711. The predicted octanol–water partition coefficient (Wildman–Crippen LogP) is 2.10. The van der Waals surface area contributed by atoms with Gasteiger partial charge in [-0.05, 0) is 39.7 Å². The molecule has 0 radical (unpaired) electrons. The van der Waals surface area contributed by atoms with Crippen molar-refractivity contribution in [1.82, 2.24) is 19.6 Å². The number of carbonyl (C=O) groups is 1. The van der Waals surface area contributed by atoms with Gasteiger partial charge in [0.2, 0.25) is 5.91 Å². The third-order valence-electron chi connectivity index (χ3n) is 4.29. The third-order valence-corrected chi connectivity index (χ3v) is 4.29. The molecule has 1 aliphatic rings. The summed E-state index contributed by atoms with van der Waals surface area (Å²) in [6.45, 7) is 6.71. The van der Waals surface area contributed by atoms with Crippen LogP contribution in [0.25, 0.3) is 0 Å². The summed E-state index contributed by atoms with van der Waals surface area (Å²) >= 11 is 0. The van der Waals surface area contributed by atoms with Crippen LogP contribution >= 0.6 is 0 Å². The number of amides is 1. The summed E-state index contributed by atoms with van der Waals surface area (Å²) in [4.78, 5) is 12.3. The monoisotopic (exact) mass is 331 g/mol. The van der Waals surface area contributed by atoms with Crippen molar-refractivity contribution in [2.24, 2.45) is 0 Å².